The van der Waals surface area contributed by atoms with Crippen molar-refractivity contribution in [3.8, 4) is 0 Å². The van der Waals surface area contributed by atoms with Gasteiger partial charge in [0.2, 0.25) is 0 Å². The lowest BCUT2D eigenvalue weighted by molar-refractivity contribution is 0.0526. The molecular weight excluding hydrogens is 283 g/mol. The molecule has 1 heterocycles. The third-order valence-corrected chi connectivity index (χ3v) is 3.78. The lowest BCUT2D eigenvalue weighted by Gasteiger charge is -2.15. The van der Waals surface area contributed by atoms with Crippen molar-refractivity contribution in [3.05, 3.63) is 59.0 Å². The van der Waals surface area contributed by atoms with Crippen LogP contribution in [-0.2, 0) is 11.2 Å². The van der Waals surface area contributed by atoms with Crippen LogP contribution in [0.3, 0.4) is 0 Å². The number of esters is 1. The van der Waals surface area contributed by atoms with E-state index in [0.29, 0.717) is 18.0 Å². The average Bonchev–Trinajstić information content (AvgIpc) is 2.90. The fourth-order valence-electron chi connectivity index (χ4n) is 2.72. The first-order valence-electron chi connectivity index (χ1n) is 7.35. The number of ether oxygens (including phenoxy) is 1. The number of aryl methyl sites for hydroxylation is 1. The quantitative estimate of drug-likeness (QED) is 0.878. The molecule has 0 saturated carbocycles. The van der Waals surface area contributed by atoms with E-state index in [-0.39, 0.29) is 17.8 Å². The number of nitrogens with one attached hydrogen (secondary N) is 1. The number of aromatic nitrogens is 1. The summed E-state index contributed by atoms with van der Waals surface area (Å²) in [5, 5.41) is 3.29. The molecule has 1 unspecified atom stereocenters. The molecular formula is C17H17FN2O2. The summed E-state index contributed by atoms with van der Waals surface area (Å²) in [5.74, 6) is 0.0584. The van der Waals surface area contributed by atoms with Gasteiger partial charge in [-0.25, -0.2) is 14.2 Å². The number of carbonyl (C=O) groups is 1. The van der Waals surface area contributed by atoms with Gasteiger partial charge >= 0.3 is 5.97 Å². The lowest BCUT2D eigenvalue weighted by atomic mass is 10.1. The Bertz CT molecular complexity index is 686. The molecule has 0 spiro atoms. The number of hydrogen-bond acceptors (Lipinski definition) is 4. The van der Waals surface area contributed by atoms with Crippen molar-refractivity contribution in [1.82, 2.24) is 4.98 Å². The van der Waals surface area contributed by atoms with Crippen LogP contribution in [0.2, 0.25) is 0 Å². The summed E-state index contributed by atoms with van der Waals surface area (Å²) in [6, 6.07) is 8.37. The molecule has 1 aliphatic carbocycles. The van der Waals surface area contributed by atoms with Gasteiger partial charge < -0.3 is 10.1 Å². The van der Waals surface area contributed by atoms with Gasteiger partial charge in [-0.05, 0) is 55.2 Å². The van der Waals surface area contributed by atoms with Crippen molar-refractivity contribution < 1.29 is 13.9 Å². The van der Waals surface area contributed by atoms with E-state index in [0.717, 1.165) is 18.4 Å². The monoisotopic (exact) mass is 300 g/mol. The number of anilines is 1. The molecule has 114 valence electrons. The Morgan fingerprint density at radius 3 is 3.00 bits per heavy atom. The summed E-state index contributed by atoms with van der Waals surface area (Å²) in [4.78, 5) is 15.8. The fraction of sp³-hybridized carbons (Fsp3) is 0.294. The zero-order chi connectivity index (χ0) is 15.5. The molecule has 1 aliphatic rings. The summed E-state index contributed by atoms with van der Waals surface area (Å²) in [6.45, 7) is 2.10. The van der Waals surface area contributed by atoms with Crippen LogP contribution in [0.25, 0.3) is 0 Å². The van der Waals surface area contributed by atoms with Crippen molar-refractivity contribution in [2.24, 2.45) is 0 Å². The number of pyridine rings is 1. The van der Waals surface area contributed by atoms with Gasteiger partial charge in [0.05, 0.1) is 18.2 Å². The van der Waals surface area contributed by atoms with E-state index in [1.165, 1.54) is 17.8 Å². The Balaban J connectivity index is 1.73. The number of hydrogen-bond donors (Lipinski definition) is 1. The normalized spacial score (nSPS) is 16.2. The number of halogens is 1. The summed E-state index contributed by atoms with van der Waals surface area (Å²) in [7, 11) is 0. The van der Waals surface area contributed by atoms with E-state index >= 15 is 0 Å². The van der Waals surface area contributed by atoms with Crippen molar-refractivity contribution in [1.29, 1.82) is 0 Å². The third-order valence-electron chi connectivity index (χ3n) is 3.78. The highest BCUT2D eigenvalue weighted by molar-refractivity contribution is 5.89. The molecule has 22 heavy (non-hydrogen) atoms. The summed E-state index contributed by atoms with van der Waals surface area (Å²) < 4.78 is 18.3. The van der Waals surface area contributed by atoms with Crippen molar-refractivity contribution in [3.63, 3.8) is 0 Å². The maximum Gasteiger partial charge on any atom is 0.339 e. The molecule has 0 aliphatic heterocycles. The molecule has 3 rings (SSSR count). The van der Waals surface area contributed by atoms with Crippen molar-refractivity contribution in [2.75, 3.05) is 11.9 Å². The van der Waals surface area contributed by atoms with Gasteiger partial charge in [0.25, 0.3) is 0 Å². The molecule has 4 nitrogen and oxygen atoms in total. The van der Waals surface area contributed by atoms with E-state index in [4.69, 9.17) is 4.74 Å². The second-order valence-corrected chi connectivity index (χ2v) is 5.23. The van der Waals surface area contributed by atoms with Crippen LogP contribution in [-0.4, -0.2) is 17.6 Å². The molecule has 1 aromatic heterocycles. The van der Waals surface area contributed by atoms with Crippen LogP contribution < -0.4 is 5.32 Å². The molecule has 0 fully saturated rings. The van der Waals surface area contributed by atoms with Gasteiger partial charge in [0.15, 0.2) is 0 Å². The number of nitrogens with zero attached hydrogens (tertiary/aromatic N) is 1. The van der Waals surface area contributed by atoms with E-state index in [9.17, 15) is 9.18 Å². The molecule has 0 radical (unpaired) electrons. The topological polar surface area (TPSA) is 51.2 Å². The van der Waals surface area contributed by atoms with Crippen molar-refractivity contribution in [2.45, 2.75) is 25.8 Å². The van der Waals surface area contributed by atoms with Crippen LogP contribution in [0.1, 0.15) is 40.9 Å². The van der Waals surface area contributed by atoms with E-state index < -0.39 is 0 Å². The Hall–Kier alpha value is -2.43. The molecule has 0 bridgehead atoms. The Morgan fingerprint density at radius 1 is 1.41 bits per heavy atom. The highest BCUT2D eigenvalue weighted by Crippen LogP contribution is 2.33. The molecule has 2 aromatic rings. The maximum absolute atomic E-state index is 13.4. The van der Waals surface area contributed by atoms with Gasteiger partial charge in [-0.3, -0.25) is 0 Å². The second kappa shape index (κ2) is 6.13. The van der Waals surface area contributed by atoms with Crippen LogP contribution in [0.15, 0.2) is 36.5 Å². The molecule has 5 heteroatoms. The predicted octanol–water partition coefficient (Wildman–Crippen LogP) is 3.50. The molecule has 1 atom stereocenters. The summed E-state index contributed by atoms with van der Waals surface area (Å²) >= 11 is 0. The molecule has 1 N–H and O–H groups in total. The maximum atomic E-state index is 13.4. The van der Waals surface area contributed by atoms with Gasteiger partial charge in [0.1, 0.15) is 11.6 Å². The molecule has 0 amide bonds. The number of benzene rings is 1. The summed E-state index contributed by atoms with van der Waals surface area (Å²) in [5.41, 5.74) is 2.57. The standard InChI is InChI=1S/C17H17FN2O2/c1-2-22-17(21)12-5-8-16(19-10-12)20-15-7-4-11-3-6-13(18)9-14(11)15/h3,5-6,8-10,15H,2,4,7H2,1H3,(H,19,20). The van der Waals surface area contributed by atoms with Gasteiger partial charge in [-0.1, -0.05) is 6.07 Å². The zero-order valence-electron chi connectivity index (χ0n) is 12.3. The molecule has 0 saturated heterocycles. The van der Waals surface area contributed by atoms with E-state index in [1.54, 1.807) is 25.1 Å². The fourth-order valence-corrected chi connectivity index (χ4v) is 2.72. The van der Waals surface area contributed by atoms with Crippen LogP contribution in [0.4, 0.5) is 10.2 Å². The SMILES string of the molecule is CCOC(=O)c1ccc(NC2CCc3ccc(F)cc32)nc1. The Labute approximate surface area is 128 Å². The Morgan fingerprint density at radius 2 is 2.27 bits per heavy atom. The first kappa shape index (κ1) is 14.5. The smallest absolute Gasteiger partial charge is 0.339 e. The van der Waals surface area contributed by atoms with Gasteiger partial charge in [0, 0.05) is 6.20 Å². The Kier molecular flexibility index (Phi) is 4.04. The zero-order valence-corrected chi connectivity index (χ0v) is 12.3. The van der Waals surface area contributed by atoms with Crippen LogP contribution in [0.5, 0.6) is 0 Å². The number of carbonyl (C=O) groups excluding carboxylic acids is 1. The molecule has 1 aromatic carbocycles. The van der Waals surface area contributed by atoms with Crippen LogP contribution in [0, 0.1) is 5.82 Å². The van der Waals surface area contributed by atoms with Gasteiger partial charge in [-0.15, -0.1) is 0 Å². The van der Waals surface area contributed by atoms with Crippen molar-refractivity contribution >= 4 is 11.8 Å². The highest BCUT2D eigenvalue weighted by atomic mass is 19.1. The van der Waals surface area contributed by atoms with Crippen LogP contribution >= 0.6 is 0 Å². The highest BCUT2D eigenvalue weighted by Gasteiger charge is 2.23. The summed E-state index contributed by atoms with van der Waals surface area (Å²) in [6.07, 6.45) is 3.32. The largest absolute Gasteiger partial charge is 0.462 e. The minimum atomic E-state index is -0.380. The second-order valence-electron chi connectivity index (χ2n) is 5.23. The van der Waals surface area contributed by atoms with E-state index in [2.05, 4.69) is 10.3 Å². The first-order valence-corrected chi connectivity index (χ1v) is 7.35. The minimum absolute atomic E-state index is 0.0478. The third kappa shape index (κ3) is 2.93. The lowest BCUT2D eigenvalue weighted by Crippen LogP contribution is -2.10. The predicted molar refractivity (Wildman–Crippen MR) is 81.3 cm³/mol. The number of rotatable bonds is 4. The minimum Gasteiger partial charge on any atom is -0.462 e. The average molecular weight is 300 g/mol. The van der Waals surface area contributed by atoms with E-state index in [1.807, 2.05) is 6.07 Å². The number of fused-ring (bicyclic) bond motifs is 1. The van der Waals surface area contributed by atoms with Gasteiger partial charge in [-0.2, -0.15) is 0 Å². The first-order chi connectivity index (χ1) is 10.7.